The minimum absolute atomic E-state index is 0.0520. The molecular weight excluding hydrogens is 698 g/mol. The fraction of sp³-hybridized carbons (Fsp3) is 0.816. The van der Waals surface area contributed by atoms with E-state index in [2.05, 4.69) is 20.9 Å². The van der Waals surface area contributed by atoms with Crippen molar-refractivity contribution in [2.45, 2.75) is 123 Å². The van der Waals surface area contributed by atoms with Gasteiger partial charge in [0, 0.05) is 38.3 Å². The number of ether oxygens (including phenoxy) is 3. The molecule has 16 nitrogen and oxygen atoms in total. The van der Waals surface area contributed by atoms with Crippen molar-refractivity contribution in [3.63, 3.8) is 0 Å². The SMILES string of the molecule is CC(C)COC(=O)C1[C@@H](CCCN=C(NC(=O)OCC2CCCCC2)NC(=O)OCC2CCCCC2)C(=O)N1C(=O)N1CCN(C(=O)NC(C)(C)C)CC1. The van der Waals surface area contributed by atoms with Crippen LogP contribution in [0.25, 0.3) is 0 Å². The smallest absolute Gasteiger partial charge is 0.413 e. The third-order valence-corrected chi connectivity index (χ3v) is 10.3. The van der Waals surface area contributed by atoms with E-state index >= 15 is 0 Å². The summed E-state index contributed by atoms with van der Waals surface area (Å²) in [6.07, 6.45) is 9.84. The number of amides is 7. The van der Waals surface area contributed by atoms with Gasteiger partial charge in [0.2, 0.25) is 11.9 Å². The van der Waals surface area contributed by atoms with Gasteiger partial charge in [-0.15, -0.1) is 0 Å². The van der Waals surface area contributed by atoms with Crippen LogP contribution in [0.4, 0.5) is 19.2 Å². The van der Waals surface area contributed by atoms with Crippen LogP contribution in [0, 0.1) is 23.7 Å². The number of β-lactam (4-membered cyclic amide) rings is 1. The Labute approximate surface area is 319 Å². The van der Waals surface area contributed by atoms with Gasteiger partial charge in [-0.25, -0.2) is 28.9 Å². The second-order valence-electron chi connectivity index (χ2n) is 16.5. The van der Waals surface area contributed by atoms with Crippen LogP contribution in [0.15, 0.2) is 4.99 Å². The molecule has 54 heavy (non-hydrogen) atoms. The average molecular weight is 762 g/mol. The molecule has 0 aromatic carbocycles. The van der Waals surface area contributed by atoms with E-state index in [0.29, 0.717) is 18.3 Å². The molecule has 4 aliphatic rings. The summed E-state index contributed by atoms with van der Waals surface area (Å²) >= 11 is 0. The lowest BCUT2D eigenvalue weighted by atomic mass is 9.83. The quantitative estimate of drug-likeness (QED) is 0.0650. The third-order valence-electron chi connectivity index (χ3n) is 10.3. The fourth-order valence-corrected chi connectivity index (χ4v) is 7.27. The van der Waals surface area contributed by atoms with Crippen molar-refractivity contribution in [1.82, 2.24) is 30.7 Å². The van der Waals surface area contributed by atoms with Crippen LogP contribution < -0.4 is 16.0 Å². The molecule has 0 spiro atoms. The first-order valence-corrected chi connectivity index (χ1v) is 20.0. The number of nitrogens with zero attached hydrogens (tertiary/aromatic N) is 4. The molecule has 0 bridgehead atoms. The third kappa shape index (κ3) is 13.3. The number of esters is 1. The van der Waals surface area contributed by atoms with E-state index in [1.165, 1.54) is 17.7 Å². The number of hydrogen-bond donors (Lipinski definition) is 3. The zero-order valence-electron chi connectivity index (χ0n) is 33.0. The van der Waals surface area contributed by atoms with E-state index in [1.54, 1.807) is 4.90 Å². The first-order chi connectivity index (χ1) is 25.7. The Morgan fingerprint density at radius 3 is 1.80 bits per heavy atom. The molecule has 0 aromatic rings. The topological polar surface area (TPSA) is 188 Å². The number of nitrogens with one attached hydrogen (secondary N) is 3. The highest BCUT2D eigenvalue weighted by Gasteiger charge is 2.56. The standard InChI is InChI=1S/C38H63N7O9/c1-26(2)23-52-32(47)30-29(31(46)45(30)37(51)44-21-19-43(20-22-44)34(48)42-38(3,4)5)17-12-18-39-33(40-35(49)53-24-27-13-8-6-9-14-27)41-36(50)54-25-28-15-10-7-11-16-28/h26-30H,6-25H2,1-5H3,(H,42,48)(H2,39,40,41,49,50)/t29-,30?/m1/s1. The summed E-state index contributed by atoms with van der Waals surface area (Å²) in [6.45, 7) is 11.2. The highest BCUT2D eigenvalue weighted by molar-refractivity contribution is 6.08. The molecule has 2 aliphatic heterocycles. The maximum atomic E-state index is 13.6. The Kier molecular flexibility index (Phi) is 16.2. The first kappa shape index (κ1) is 42.6. The molecule has 3 N–H and O–H groups in total. The van der Waals surface area contributed by atoms with Crippen molar-refractivity contribution < 1.29 is 43.0 Å². The molecule has 2 atom stereocenters. The van der Waals surface area contributed by atoms with E-state index < -0.39 is 47.6 Å². The molecular formula is C38H63N7O9. The number of imide groups is 1. The summed E-state index contributed by atoms with van der Waals surface area (Å²) < 4.78 is 16.4. The van der Waals surface area contributed by atoms with Gasteiger partial charge in [-0.2, -0.15) is 0 Å². The number of carbonyl (C=O) groups excluding carboxylic acids is 6. The molecule has 4 fully saturated rings. The van der Waals surface area contributed by atoms with Crippen molar-refractivity contribution in [2.24, 2.45) is 28.7 Å². The van der Waals surface area contributed by atoms with Crippen LogP contribution in [0.1, 0.15) is 112 Å². The zero-order valence-corrected chi connectivity index (χ0v) is 33.0. The van der Waals surface area contributed by atoms with Crippen molar-refractivity contribution in [2.75, 3.05) is 52.5 Å². The summed E-state index contributed by atoms with van der Waals surface area (Å²) in [6, 6.07) is -1.92. The minimum atomic E-state index is -1.10. The predicted octanol–water partition coefficient (Wildman–Crippen LogP) is 5.01. The van der Waals surface area contributed by atoms with Gasteiger partial charge in [-0.1, -0.05) is 52.4 Å². The molecule has 2 saturated heterocycles. The van der Waals surface area contributed by atoms with Crippen LogP contribution in [0.2, 0.25) is 0 Å². The lowest BCUT2D eigenvalue weighted by Gasteiger charge is -2.47. The van der Waals surface area contributed by atoms with Crippen LogP contribution in [0.3, 0.4) is 0 Å². The molecule has 304 valence electrons. The van der Waals surface area contributed by atoms with Crippen molar-refractivity contribution in [1.29, 1.82) is 0 Å². The number of aliphatic imine (C=N–C) groups is 1. The summed E-state index contributed by atoms with van der Waals surface area (Å²) in [5.74, 6) is -1.43. The van der Waals surface area contributed by atoms with Gasteiger partial charge in [0.05, 0.1) is 25.7 Å². The maximum Gasteiger partial charge on any atom is 0.413 e. The van der Waals surface area contributed by atoms with Gasteiger partial charge in [0.15, 0.2) is 6.04 Å². The van der Waals surface area contributed by atoms with Crippen LogP contribution in [-0.4, -0.2) is 121 Å². The lowest BCUT2D eigenvalue weighted by molar-refractivity contribution is -0.171. The zero-order chi connectivity index (χ0) is 39.3. The molecule has 2 aliphatic carbocycles. The number of piperazine rings is 1. The molecule has 16 heteroatoms. The Morgan fingerprint density at radius 1 is 0.778 bits per heavy atom. The number of likely N-dealkylation sites (tertiary alicyclic amines) is 1. The molecule has 4 rings (SSSR count). The average Bonchev–Trinajstić information content (AvgIpc) is 3.14. The van der Waals surface area contributed by atoms with Gasteiger partial charge in [0.1, 0.15) is 0 Å². The number of alkyl carbamates (subject to hydrolysis) is 2. The second kappa shape index (κ2) is 20.5. The van der Waals surface area contributed by atoms with Crippen LogP contribution in [-0.2, 0) is 23.8 Å². The Hall–Kier alpha value is -4.11. The van der Waals surface area contributed by atoms with E-state index in [-0.39, 0.29) is 76.9 Å². The molecule has 0 radical (unpaired) electrons. The van der Waals surface area contributed by atoms with Crippen LogP contribution in [0.5, 0.6) is 0 Å². The Bertz CT molecular complexity index is 1290. The molecule has 2 saturated carbocycles. The number of hydrogen-bond acceptors (Lipinski definition) is 10. The maximum absolute atomic E-state index is 13.6. The summed E-state index contributed by atoms with van der Waals surface area (Å²) in [4.78, 5) is 86.9. The van der Waals surface area contributed by atoms with Crippen molar-refractivity contribution in [3.8, 4) is 0 Å². The Morgan fingerprint density at radius 2 is 1.30 bits per heavy atom. The van der Waals surface area contributed by atoms with E-state index in [1.807, 2.05) is 34.6 Å². The number of urea groups is 2. The van der Waals surface area contributed by atoms with E-state index in [0.717, 1.165) is 56.3 Å². The highest BCUT2D eigenvalue weighted by atomic mass is 16.6. The lowest BCUT2D eigenvalue weighted by Crippen LogP contribution is -2.70. The number of carbonyl (C=O) groups is 6. The van der Waals surface area contributed by atoms with Gasteiger partial charge in [0.25, 0.3) is 0 Å². The normalized spacial score (nSPS) is 21.1. The number of rotatable bonds is 11. The summed E-state index contributed by atoms with van der Waals surface area (Å²) in [5, 5.41) is 7.98. The number of guanidine groups is 1. The Balaban J connectivity index is 1.35. The monoisotopic (exact) mass is 761 g/mol. The fourth-order valence-electron chi connectivity index (χ4n) is 7.27. The molecule has 2 heterocycles. The molecule has 0 aromatic heterocycles. The van der Waals surface area contributed by atoms with Gasteiger partial charge in [-0.05, 0) is 77.0 Å². The van der Waals surface area contributed by atoms with Gasteiger partial charge >= 0.3 is 30.2 Å². The first-order valence-electron chi connectivity index (χ1n) is 20.0. The van der Waals surface area contributed by atoms with Gasteiger partial charge in [-0.3, -0.25) is 20.4 Å². The highest BCUT2D eigenvalue weighted by Crippen LogP contribution is 2.33. The van der Waals surface area contributed by atoms with Gasteiger partial charge < -0.3 is 29.3 Å². The van der Waals surface area contributed by atoms with E-state index in [9.17, 15) is 28.8 Å². The molecule has 7 amide bonds. The summed E-state index contributed by atoms with van der Waals surface area (Å²) in [7, 11) is 0. The van der Waals surface area contributed by atoms with Crippen LogP contribution >= 0.6 is 0 Å². The minimum Gasteiger partial charge on any atom is -0.464 e. The largest absolute Gasteiger partial charge is 0.464 e. The van der Waals surface area contributed by atoms with E-state index in [4.69, 9.17) is 14.2 Å². The van der Waals surface area contributed by atoms with Crippen molar-refractivity contribution >= 4 is 42.1 Å². The molecule has 1 unspecified atom stereocenters. The van der Waals surface area contributed by atoms with Crippen molar-refractivity contribution in [3.05, 3.63) is 0 Å². The second-order valence-corrected chi connectivity index (χ2v) is 16.5. The predicted molar refractivity (Wildman–Crippen MR) is 200 cm³/mol. The summed E-state index contributed by atoms with van der Waals surface area (Å²) in [5.41, 5.74) is -0.410.